The van der Waals surface area contributed by atoms with E-state index < -0.39 is 0 Å². The summed E-state index contributed by atoms with van der Waals surface area (Å²) in [4.78, 5) is 36.9. The maximum absolute atomic E-state index is 12.4. The molecule has 2 heterocycles. The minimum atomic E-state index is -0.341. The molecule has 4 aromatic rings. The summed E-state index contributed by atoms with van der Waals surface area (Å²) in [7, 11) is 1.72. The Hall–Kier alpha value is -4.07. The second-order valence-corrected chi connectivity index (χ2v) is 7.14. The molecular weight excluding hydrogens is 396 g/mol. The van der Waals surface area contributed by atoms with Crippen molar-refractivity contribution in [3.8, 4) is 0 Å². The van der Waals surface area contributed by atoms with Gasteiger partial charge in [0.2, 0.25) is 5.91 Å². The third-order valence-electron chi connectivity index (χ3n) is 5.03. The van der Waals surface area contributed by atoms with Crippen molar-refractivity contribution in [2.45, 2.75) is 19.5 Å². The number of benzene rings is 2. The summed E-state index contributed by atoms with van der Waals surface area (Å²) in [5.74, 6) is -0.279. The van der Waals surface area contributed by atoms with Crippen LogP contribution in [0.15, 0.2) is 76.1 Å². The van der Waals surface area contributed by atoms with Gasteiger partial charge in [-0.25, -0.2) is 4.79 Å². The molecule has 2 amide bonds. The van der Waals surface area contributed by atoms with E-state index in [0.29, 0.717) is 18.8 Å². The van der Waals surface area contributed by atoms with Crippen LogP contribution in [0, 0.1) is 0 Å². The van der Waals surface area contributed by atoms with Crippen molar-refractivity contribution in [2.24, 2.45) is 7.05 Å². The van der Waals surface area contributed by atoms with Crippen LogP contribution in [0.2, 0.25) is 0 Å². The molecule has 8 nitrogen and oxygen atoms in total. The second-order valence-electron chi connectivity index (χ2n) is 7.14. The molecule has 0 unspecified atom stereocenters. The number of aromatic nitrogens is 2. The number of imidazole rings is 1. The third-order valence-corrected chi connectivity index (χ3v) is 5.03. The number of furan rings is 1. The van der Waals surface area contributed by atoms with Gasteiger partial charge in [-0.3, -0.25) is 18.7 Å². The molecule has 0 radical (unpaired) electrons. The maximum atomic E-state index is 12.4. The van der Waals surface area contributed by atoms with Crippen LogP contribution >= 0.6 is 0 Å². The van der Waals surface area contributed by atoms with Gasteiger partial charge >= 0.3 is 5.69 Å². The standard InChI is InChI=1S/C23H22N4O4/c1-26-18-8-2-3-9-19(18)27(23(26)30)12-11-21(28)24-15-16-6-4-7-17(14-16)25-22(29)20-10-5-13-31-20/h2-10,13-14H,11-12,15H2,1H3,(H,24,28)(H,25,29). The minimum absolute atomic E-state index is 0.144. The zero-order valence-electron chi connectivity index (χ0n) is 17.0. The zero-order chi connectivity index (χ0) is 21.8. The lowest BCUT2D eigenvalue weighted by molar-refractivity contribution is -0.121. The molecule has 4 rings (SSSR count). The zero-order valence-corrected chi connectivity index (χ0v) is 17.0. The first-order valence-corrected chi connectivity index (χ1v) is 9.87. The number of rotatable bonds is 7. The first-order valence-electron chi connectivity index (χ1n) is 9.87. The maximum Gasteiger partial charge on any atom is 0.328 e. The number of nitrogens with one attached hydrogen (secondary N) is 2. The van der Waals surface area contributed by atoms with E-state index in [1.807, 2.05) is 30.3 Å². The summed E-state index contributed by atoms with van der Waals surface area (Å²) in [5.41, 5.74) is 2.95. The molecule has 2 aromatic heterocycles. The number of nitrogens with zero attached hydrogens (tertiary/aromatic N) is 2. The molecule has 158 valence electrons. The Morgan fingerprint density at radius 3 is 2.58 bits per heavy atom. The molecule has 0 bridgehead atoms. The number of carbonyl (C=O) groups is 2. The first-order chi connectivity index (χ1) is 15.0. The van der Waals surface area contributed by atoms with Gasteiger partial charge < -0.3 is 15.1 Å². The van der Waals surface area contributed by atoms with Crippen LogP contribution in [0.4, 0.5) is 5.69 Å². The second kappa shape index (κ2) is 8.74. The van der Waals surface area contributed by atoms with Crippen molar-refractivity contribution in [1.29, 1.82) is 0 Å². The highest BCUT2D eigenvalue weighted by Crippen LogP contribution is 2.14. The van der Waals surface area contributed by atoms with Gasteiger partial charge in [0.25, 0.3) is 5.91 Å². The number of hydrogen-bond donors (Lipinski definition) is 2. The van der Waals surface area contributed by atoms with Gasteiger partial charge in [0, 0.05) is 32.2 Å². The van der Waals surface area contributed by atoms with Crippen molar-refractivity contribution in [1.82, 2.24) is 14.5 Å². The number of aryl methyl sites for hydroxylation is 2. The fourth-order valence-corrected chi connectivity index (χ4v) is 3.44. The normalized spacial score (nSPS) is 10.9. The number of carbonyl (C=O) groups excluding carboxylic acids is 2. The van der Waals surface area contributed by atoms with Crippen LogP contribution in [0.25, 0.3) is 11.0 Å². The molecular formula is C23H22N4O4. The summed E-state index contributed by atoms with van der Waals surface area (Å²) >= 11 is 0. The van der Waals surface area contributed by atoms with Crippen molar-refractivity contribution in [2.75, 3.05) is 5.32 Å². The summed E-state index contributed by atoms with van der Waals surface area (Å²) in [6, 6.07) is 17.9. The van der Waals surface area contributed by atoms with Gasteiger partial charge in [-0.05, 0) is 42.0 Å². The van der Waals surface area contributed by atoms with Gasteiger partial charge in [0.15, 0.2) is 5.76 Å². The van der Waals surface area contributed by atoms with Crippen LogP contribution in [0.1, 0.15) is 22.5 Å². The molecule has 0 saturated carbocycles. The van der Waals surface area contributed by atoms with Gasteiger partial charge in [-0.1, -0.05) is 24.3 Å². The monoisotopic (exact) mass is 418 g/mol. The van der Waals surface area contributed by atoms with E-state index >= 15 is 0 Å². The smallest absolute Gasteiger partial charge is 0.328 e. The number of amides is 2. The van der Waals surface area contributed by atoms with E-state index in [-0.39, 0.29) is 29.7 Å². The van der Waals surface area contributed by atoms with Crippen molar-refractivity contribution in [3.63, 3.8) is 0 Å². The van der Waals surface area contributed by atoms with Crippen LogP contribution in [0.5, 0.6) is 0 Å². The molecule has 0 saturated heterocycles. The van der Waals surface area contributed by atoms with E-state index in [1.54, 1.807) is 46.5 Å². The average molecular weight is 418 g/mol. The Morgan fingerprint density at radius 2 is 1.81 bits per heavy atom. The van der Waals surface area contributed by atoms with E-state index in [9.17, 15) is 14.4 Å². The SMILES string of the molecule is Cn1c(=O)n(CCC(=O)NCc2cccc(NC(=O)c3ccco3)c2)c2ccccc21. The Morgan fingerprint density at radius 1 is 1.00 bits per heavy atom. The Kier molecular flexibility index (Phi) is 5.70. The lowest BCUT2D eigenvalue weighted by Gasteiger charge is -2.09. The van der Waals surface area contributed by atoms with Gasteiger partial charge in [0.1, 0.15) is 0 Å². The highest BCUT2D eigenvalue weighted by atomic mass is 16.3. The first kappa shape index (κ1) is 20.2. The van der Waals surface area contributed by atoms with Crippen LogP contribution in [-0.2, 0) is 24.9 Å². The highest BCUT2D eigenvalue weighted by Gasteiger charge is 2.12. The van der Waals surface area contributed by atoms with Gasteiger partial charge in [0.05, 0.1) is 17.3 Å². The van der Waals surface area contributed by atoms with Crippen LogP contribution in [0.3, 0.4) is 0 Å². The molecule has 2 N–H and O–H groups in total. The molecule has 0 spiro atoms. The number of anilines is 1. The Labute approximate surface area is 178 Å². The average Bonchev–Trinajstić information content (AvgIpc) is 3.40. The number of para-hydroxylation sites is 2. The predicted molar refractivity (Wildman–Crippen MR) is 117 cm³/mol. The Bertz CT molecular complexity index is 1280. The van der Waals surface area contributed by atoms with Crippen LogP contribution in [-0.4, -0.2) is 20.9 Å². The van der Waals surface area contributed by atoms with Crippen molar-refractivity contribution < 1.29 is 14.0 Å². The summed E-state index contributed by atoms with van der Waals surface area (Å²) < 4.78 is 8.27. The summed E-state index contributed by atoms with van der Waals surface area (Å²) in [5, 5.41) is 5.62. The molecule has 0 aliphatic heterocycles. The largest absolute Gasteiger partial charge is 0.459 e. The topological polar surface area (TPSA) is 98.3 Å². The van der Waals surface area contributed by atoms with E-state index in [1.165, 1.54) is 6.26 Å². The summed E-state index contributed by atoms with van der Waals surface area (Å²) in [6.07, 6.45) is 1.62. The van der Waals surface area contributed by atoms with Crippen LogP contribution < -0.4 is 16.3 Å². The summed E-state index contributed by atoms with van der Waals surface area (Å²) in [6.45, 7) is 0.610. The molecule has 8 heteroatoms. The molecule has 0 aliphatic carbocycles. The fourth-order valence-electron chi connectivity index (χ4n) is 3.44. The lowest BCUT2D eigenvalue weighted by Crippen LogP contribution is -2.27. The Balaban J connectivity index is 1.34. The number of hydrogen-bond acceptors (Lipinski definition) is 4. The minimum Gasteiger partial charge on any atom is -0.459 e. The third kappa shape index (κ3) is 4.42. The quantitative estimate of drug-likeness (QED) is 0.482. The van der Waals surface area contributed by atoms with E-state index in [2.05, 4.69) is 10.6 Å². The van der Waals surface area contributed by atoms with E-state index in [0.717, 1.165) is 16.6 Å². The number of fused-ring (bicyclic) bond motifs is 1. The molecule has 0 atom stereocenters. The lowest BCUT2D eigenvalue weighted by atomic mass is 10.2. The van der Waals surface area contributed by atoms with Gasteiger partial charge in [-0.2, -0.15) is 0 Å². The highest BCUT2D eigenvalue weighted by molar-refractivity contribution is 6.02. The molecule has 31 heavy (non-hydrogen) atoms. The van der Waals surface area contributed by atoms with Gasteiger partial charge in [-0.15, -0.1) is 0 Å². The molecule has 2 aromatic carbocycles. The van der Waals surface area contributed by atoms with E-state index in [4.69, 9.17) is 4.42 Å². The fraction of sp³-hybridized carbons (Fsp3) is 0.174. The predicted octanol–water partition coefficient (Wildman–Crippen LogP) is 2.89. The van der Waals surface area contributed by atoms with Crippen molar-refractivity contribution >= 4 is 28.5 Å². The molecule has 0 fully saturated rings. The molecule has 0 aliphatic rings. The van der Waals surface area contributed by atoms with Crippen molar-refractivity contribution in [3.05, 3.63) is 88.7 Å².